The van der Waals surface area contributed by atoms with E-state index in [0.717, 1.165) is 33.4 Å². The van der Waals surface area contributed by atoms with Gasteiger partial charge in [-0.05, 0) is 61.2 Å². The molecular formula is C27H26N6O2S. The lowest BCUT2D eigenvalue weighted by atomic mass is 10.00. The van der Waals surface area contributed by atoms with Gasteiger partial charge in [-0.25, -0.2) is 0 Å². The molecule has 2 aromatic carbocycles. The highest BCUT2D eigenvalue weighted by molar-refractivity contribution is 7.12. The van der Waals surface area contributed by atoms with Crippen LogP contribution in [0.3, 0.4) is 0 Å². The fourth-order valence-electron chi connectivity index (χ4n) is 4.94. The molecule has 36 heavy (non-hydrogen) atoms. The Bertz CT molecular complexity index is 1510. The van der Waals surface area contributed by atoms with E-state index in [1.807, 2.05) is 61.7 Å². The van der Waals surface area contributed by atoms with E-state index < -0.39 is 5.66 Å². The molecule has 2 aliphatic rings. The summed E-state index contributed by atoms with van der Waals surface area (Å²) in [5, 5.41) is 19.1. The molecule has 0 radical (unpaired) electrons. The molecule has 0 aliphatic carbocycles. The first-order valence-corrected chi connectivity index (χ1v) is 12.7. The Balaban J connectivity index is 1.21. The average molecular weight is 499 g/mol. The highest BCUT2D eigenvalue weighted by Crippen LogP contribution is 2.40. The molecule has 2 amide bonds. The first-order valence-electron chi connectivity index (χ1n) is 11.8. The first kappa shape index (κ1) is 22.7. The van der Waals surface area contributed by atoms with Crippen molar-refractivity contribution in [2.45, 2.75) is 31.6 Å². The van der Waals surface area contributed by atoms with Crippen LogP contribution in [0.2, 0.25) is 0 Å². The van der Waals surface area contributed by atoms with Gasteiger partial charge in [0.2, 0.25) is 0 Å². The maximum absolute atomic E-state index is 13.2. The summed E-state index contributed by atoms with van der Waals surface area (Å²) >= 11 is 1.38. The van der Waals surface area contributed by atoms with Crippen LogP contribution in [0.15, 0.2) is 66.2 Å². The largest absolute Gasteiger partial charge is 0.380 e. The van der Waals surface area contributed by atoms with Crippen LogP contribution in [-0.2, 0) is 17.0 Å². The second-order valence-electron chi connectivity index (χ2n) is 9.79. The van der Waals surface area contributed by atoms with Crippen molar-refractivity contribution in [1.29, 1.82) is 0 Å². The number of carbonyl (C=O) groups is 2. The van der Waals surface area contributed by atoms with E-state index in [4.69, 9.17) is 0 Å². The summed E-state index contributed by atoms with van der Waals surface area (Å²) in [5.41, 5.74) is 3.73. The molecule has 1 saturated heterocycles. The molecule has 1 spiro atoms. The van der Waals surface area contributed by atoms with Crippen LogP contribution in [0.1, 0.15) is 34.6 Å². The van der Waals surface area contributed by atoms with Crippen LogP contribution in [0, 0.1) is 0 Å². The van der Waals surface area contributed by atoms with Gasteiger partial charge in [0.1, 0.15) is 4.88 Å². The third-order valence-corrected chi connectivity index (χ3v) is 7.58. The van der Waals surface area contributed by atoms with Crippen molar-refractivity contribution in [1.82, 2.24) is 15.6 Å². The van der Waals surface area contributed by atoms with Gasteiger partial charge in [-0.3, -0.25) is 25.2 Å². The molecule has 1 fully saturated rings. The number of aromatic nitrogens is 1. The Morgan fingerprint density at radius 2 is 2.00 bits per heavy atom. The molecule has 2 aliphatic heterocycles. The molecule has 1 unspecified atom stereocenters. The Kier molecular flexibility index (Phi) is 5.29. The molecule has 0 bridgehead atoms. The minimum absolute atomic E-state index is 0.139. The fourth-order valence-corrected chi connectivity index (χ4v) is 5.71. The van der Waals surface area contributed by atoms with E-state index in [1.54, 1.807) is 12.3 Å². The Labute approximate surface area is 212 Å². The zero-order valence-electron chi connectivity index (χ0n) is 19.9. The van der Waals surface area contributed by atoms with Crippen molar-refractivity contribution >= 4 is 51.1 Å². The number of benzene rings is 2. The molecule has 4 heterocycles. The van der Waals surface area contributed by atoms with Crippen molar-refractivity contribution in [3.63, 3.8) is 0 Å². The van der Waals surface area contributed by atoms with E-state index in [2.05, 4.69) is 37.6 Å². The number of anilines is 3. The number of nitrogens with zero attached hydrogens (tertiary/aromatic N) is 1. The standard InChI is InChI=1S/C27H26N6O2S/c1-26(2)15-30-27(33-26)19-13-17(7-8-21(19)32-25(27)35)31-24(34)23-22(10-12-36-23)29-14-16-9-11-28-20-6-4-3-5-18(16)20/h3-13,29-30,33H,14-15H2,1-2H3,(H,31,34)(H,32,35). The van der Waals surface area contributed by atoms with E-state index in [0.29, 0.717) is 23.7 Å². The fraction of sp³-hybridized carbons (Fsp3) is 0.222. The number of rotatable bonds is 5. The molecule has 9 heteroatoms. The quantitative estimate of drug-likeness (QED) is 0.282. The molecule has 2 aromatic heterocycles. The molecular weight excluding hydrogens is 472 g/mol. The van der Waals surface area contributed by atoms with Gasteiger partial charge in [0, 0.05) is 47.1 Å². The van der Waals surface area contributed by atoms with Crippen LogP contribution in [0.5, 0.6) is 0 Å². The maximum atomic E-state index is 13.2. The maximum Gasteiger partial charge on any atom is 0.267 e. The Hall–Kier alpha value is -3.79. The van der Waals surface area contributed by atoms with Crippen molar-refractivity contribution in [3.8, 4) is 0 Å². The average Bonchev–Trinajstić information content (AvgIpc) is 3.54. The van der Waals surface area contributed by atoms with Crippen molar-refractivity contribution < 1.29 is 9.59 Å². The number of thiophene rings is 1. The van der Waals surface area contributed by atoms with Gasteiger partial charge >= 0.3 is 0 Å². The number of pyridine rings is 1. The van der Waals surface area contributed by atoms with Crippen molar-refractivity contribution in [2.24, 2.45) is 0 Å². The Morgan fingerprint density at radius 3 is 2.83 bits per heavy atom. The van der Waals surface area contributed by atoms with Gasteiger partial charge in [0.15, 0.2) is 5.66 Å². The number of nitrogens with one attached hydrogen (secondary N) is 5. The van der Waals surface area contributed by atoms with Crippen molar-refractivity contribution in [3.05, 3.63) is 82.2 Å². The summed E-state index contributed by atoms with van der Waals surface area (Å²) in [4.78, 5) is 31.1. The minimum atomic E-state index is -0.997. The molecule has 182 valence electrons. The lowest BCUT2D eigenvalue weighted by Gasteiger charge is -2.26. The Morgan fingerprint density at radius 1 is 1.14 bits per heavy atom. The number of fused-ring (bicyclic) bond motifs is 3. The number of hydrogen-bond donors (Lipinski definition) is 5. The molecule has 1 atom stereocenters. The monoisotopic (exact) mass is 498 g/mol. The lowest BCUT2D eigenvalue weighted by molar-refractivity contribution is -0.122. The van der Waals surface area contributed by atoms with Gasteiger partial charge in [0.05, 0.1) is 11.2 Å². The van der Waals surface area contributed by atoms with E-state index in [1.165, 1.54) is 11.3 Å². The molecule has 5 N–H and O–H groups in total. The highest BCUT2D eigenvalue weighted by atomic mass is 32.1. The van der Waals surface area contributed by atoms with Crippen molar-refractivity contribution in [2.75, 3.05) is 22.5 Å². The van der Waals surface area contributed by atoms with Gasteiger partial charge < -0.3 is 16.0 Å². The van der Waals surface area contributed by atoms with Gasteiger partial charge in [-0.15, -0.1) is 11.3 Å². The van der Waals surface area contributed by atoms with E-state index in [-0.39, 0.29) is 17.4 Å². The smallest absolute Gasteiger partial charge is 0.267 e. The van der Waals surface area contributed by atoms with Gasteiger partial charge in [-0.2, -0.15) is 0 Å². The second kappa shape index (κ2) is 8.41. The molecule has 8 nitrogen and oxygen atoms in total. The topological polar surface area (TPSA) is 107 Å². The lowest BCUT2D eigenvalue weighted by Crippen LogP contribution is -2.54. The number of carbonyl (C=O) groups excluding carboxylic acids is 2. The normalized spacial score (nSPS) is 19.9. The zero-order valence-corrected chi connectivity index (χ0v) is 20.8. The predicted octanol–water partition coefficient (Wildman–Crippen LogP) is 4.24. The van der Waals surface area contributed by atoms with Crippen LogP contribution in [0.25, 0.3) is 10.9 Å². The van der Waals surface area contributed by atoms with Crippen LogP contribution in [-0.4, -0.2) is 28.9 Å². The number of amides is 2. The molecule has 4 aromatic rings. The molecule has 6 rings (SSSR count). The number of para-hydroxylation sites is 1. The molecule has 0 saturated carbocycles. The zero-order chi connectivity index (χ0) is 24.9. The van der Waals surface area contributed by atoms with Crippen LogP contribution in [0.4, 0.5) is 17.1 Å². The SMILES string of the molecule is CC1(C)CNC2(N1)C(=O)Nc1ccc(NC(=O)c3sccc3NCc3ccnc4ccccc34)cc12. The summed E-state index contributed by atoms with van der Waals surface area (Å²) in [6.07, 6.45) is 1.80. The van der Waals surface area contributed by atoms with Crippen LogP contribution >= 0.6 is 11.3 Å². The van der Waals surface area contributed by atoms with E-state index in [9.17, 15) is 9.59 Å². The second-order valence-corrected chi connectivity index (χ2v) is 10.7. The predicted molar refractivity (Wildman–Crippen MR) is 143 cm³/mol. The minimum Gasteiger partial charge on any atom is -0.380 e. The highest BCUT2D eigenvalue weighted by Gasteiger charge is 2.53. The summed E-state index contributed by atoms with van der Waals surface area (Å²) in [7, 11) is 0. The third-order valence-electron chi connectivity index (χ3n) is 6.67. The van der Waals surface area contributed by atoms with Gasteiger partial charge in [-0.1, -0.05) is 18.2 Å². The third kappa shape index (κ3) is 3.81. The van der Waals surface area contributed by atoms with Crippen LogP contribution < -0.4 is 26.6 Å². The van der Waals surface area contributed by atoms with E-state index >= 15 is 0 Å². The van der Waals surface area contributed by atoms with Gasteiger partial charge in [0.25, 0.3) is 11.8 Å². The number of hydrogen-bond acceptors (Lipinski definition) is 7. The summed E-state index contributed by atoms with van der Waals surface area (Å²) < 4.78 is 0. The first-order chi connectivity index (χ1) is 17.3. The summed E-state index contributed by atoms with van der Waals surface area (Å²) in [5.74, 6) is -0.342. The summed E-state index contributed by atoms with van der Waals surface area (Å²) in [6, 6.07) is 17.4. The summed E-state index contributed by atoms with van der Waals surface area (Å²) in [6.45, 7) is 5.31.